The van der Waals surface area contributed by atoms with E-state index in [1.54, 1.807) is 26.8 Å². The van der Waals surface area contributed by atoms with Gasteiger partial charge in [-0.1, -0.05) is 41.9 Å². The largest absolute Gasteiger partial charge is 0.466 e. The number of methoxy groups -OCH3 is 1. The lowest BCUT2D eigenvalue weighted by molar-refractivity contribution is -0.134. The first-order valence-electron chi connectivity index (χ1n) is 8.83. The molecule has 0 aliphatic heterocycles. The molecule has 29 heavy (non-hydrogen) atoms. The fourth-order valence-corrected chi connectivity index (χ4v) is 2.84. The highest BCUT2D eigenvalue weighted by Crippen LogP contribution is 2.29. The van der Waals surface area contributed by atoms with Crippen LogP contribution in [0.2, 0.25) is 5.15 Å². The number of esters is 1. The summed E-state index contributed by atoms with van der Waals surface area (Å²) < 4.78 is 11.4. The molecule has 0 amide bonds. The predicted octanol–water partition coefficient (Wildman–Crippen LogP) is 4.72. The summed E-state index contributed by atoms with van der Waals surface area (Å²) in [7, 11) is 1.27. The molecule has 0 spiro atoms. The smallest absolute Gasteiger partial charge is 0.420 e. The summed E-state index contributed by atoms with van der Waals surface area (Å²) in [5.74, 6) is -0.192. The summed E-state index contributed by atoms with van der Waals surface area (Å²) in [6.07, 6.45) is 2.00. The van der Waals surface area contributed by atoms with Gasteiger partial charge in [0, 0.05) is 11.6 Å². The van der Waals surface area contributed by atoms with Crippen LogP contribution in [0.1, 0.15) is 26.5 Å². The van der Waals surface area contributed by atoms with E-state index in [0.717, 1.165) is 5.56 Å². The average molecular weight is 414 g/mol. The molecule has 3 aromatic rings. The minimum Gasteiger partial charge on any atom is -0.466 e. The Morgan fingerprint density at radius 3 is 2.45 bits per heavy atom. The lowest BCUT2D eigenvalue weighted by atomic mass is 10.2. The normalized spacial score (nSPS) is 11.8. The topological polar surface area (TPSA) is 83.3 Å². The van der Waals surface area contributed by atoms with Crippen LogP contribution >= 0.6 is 11.6 Å². The summed E-state index contributed by atoms with van der Waals surface area (Å²) in [4.78, 5) is 33.3. The average Bonchev–Trinajstić information content (AvgIpc) is 3.04. The van der Waals surface area contributed by atoms with E-state index >= 15 is 0 Å². The van der Waals surface area contributed by atoms with Crippen molar-refractivity contribution < 1.29 is 19.1 Å². The number of halogens is 1. The fourth-order valence-electron chi connectivity index (χ4n) is 2.62. The number of carbonyl (C=O) groups excluding carboxylic acids is 2. The third kappa shape index (κ3) is 4.63. The Morgan fingerprint density at radius 2 is 1.83 bits per heavy atom. The molecule has 0 aliphatic rings. The van der Waals surface area contributed by atoms with E-state index in [9.17, 15) is 9.59 Å². The van der Waals surface area contributed by atoms with Gasteiger partial charge < -0.3 is 9.47 Å². The quantitative estimate of drug-likeness (QED) is 0.351. The molecule has 0 saturated heterocycles. The summed E-state index contributed by atoms with van der Waals surface area (Å²) in [5.41, 5.74) is 0.666. The Balaban J connectivity index is 2.23. The van der Waals surface area contributed by atoms with E-state index in [4.69, 9.17) is 16.3 Å². The minimum atomic E-state index is -0.726. The summed E-state index contributed by atoms with van der Waals surface area (Å²) >= 11 is 6.39. The van der Waals surface area contributed by atoms with Gasteiger partial charge in [-0.3, -0.25) is 0 Å². The van der Waals surface area contributed by atoms with Crippen LogP contribution in [-0.4, -0.2) is 39.3 Å². The molecule has 0 atom stereocenters. The third-order valence-corrected chi connectivity index (χ3v) is 4.13. The number of fused-ring (bicyclic) bond motifs is 1. The van der Waals surface area contributed by atoms with Gasteiger partial charge in [0.15, 0.2) is 11.5 Å². The van der Waals surface area contributed by atoms with Gasteiger partial charge in [0.2, 0.25) is 0 Å². The standard InChI is InChI=1S/C21H20ClN3O4/c1-21(2,3)29-20(27)25-14(10-11-16(26)28-4)12-15-17(22)23-18(24-19(15)25)13-8-6-5-7-9-13/h5-12H,1-4H3. The highest BCUT2D eigenvalue weighted by Gasteiger charge is 2.24. The maximum absolute atomic E-state index is 12.9. The molecule has 8 heteroatoms. The summed E-state index contributed by atoms with van der Waals surface area (Å²) in [6, 6.07) is 10.9. The van der Waals surface area contributed by atoms with E-state index in [-0.39, 0.29) is 10.8 Å². The number of nitrogens with zero attached hydrogens (tertiary/aromatic N) is 3. The van der Waals surface area contributed by atoms with Crippen LogP contribution in [0.25, 0.3) is 28.5 Å². The molecular formula is C21H20ClN3O4. The van der Waals surface area contributed by atoms with Crippen molar-refractivity contribution in [2.45, 2.75) is 26.4 Å². The van der Waals surface area contributed by atoms with Crippen molar-refractivity contribution in [2.24, 2.45) is 0 Å². The third-order valence-electron chi connectivity index (χ3n) is 3.84. The number of ether oxygens (including phenoxy) is 2. The molecule has 0 fully saturated rings. The fraction of sp³-hybridized carbons (Fsp3) is 0.238. The van der Waals surface area contributed by atoms with Crippen LogP contribution in [-0.2, 0) is 14.3 Å². The van der Waals surface area contributed by atoms with Gasteiger partial charge in [0.05, 0.1) is 18.2 Å². The van der Waals surface area contributed by atoms with E-state index in [1.807, 2.05) is 30.3 Å². The first-order valence-corrected chi connectivity index (χ1v) is 9.21. The summed E-state index contributed by atoms with van der Waals surface area (Å²) in [5, 5.41) is 0.644. The first-order chi connectivity index (χ1) is 13.7. The van der Waals surface area contributed by atoms with Crippen molar-refractivity contribution in [3.05, 3.63) is 53.3 Å². The number of aromatic nitrogens is 3. The van der Waals surface area contributed by atoms with Crippen LogP contribution in [0.4, 0.5) is 4.79 Å². The number of carbonyl (C=O) groups is 2. The van der Waals surface area contributed by atoms with Gasteiger partial charge in [-0.15, -0.1) is 0 Å². The number of hydrogen-bond acceptors (Lipinski definition) is 6. The SMILES string of the molecule is COC(=O)C=Cc1cc2c(Cl)nc(-c3ccccc3)nc2n1C(=O)OC(C)(C)C. The Kier molecular flexibility index (Phi) is 5.70. The van der Waals surface area contributed by atoms with Crippen LogP contribution in [0.15, 0.2) is 42.5 Å². The molecule has 3 rings (SSSR count). The van der Waals surface area contributed by atoms with E-state index in [2.05, 4.69) is 14.7 Å². The predicted molar refractivity (Wildman–Crippen MR) is 111 cm³/mol. The Bertz CT molecular complexity index is 1100. The molecule has 0 radical (unpaired) electrons. The maximum Gasteiger partial charge on any atom is 0.420 e. The molecule has 150 valence electrons. The monoisotopic (exact) mass is 413 g/mol. The maximum atomic E-state index is 12.9. The zero-order chi connectivity index (χ0) is 21.2. The van der Waals surface area contributed by atoms with Crippen molar-refractivity contribution in [1.82, 2.24) is 14.5 Å². The van der Waals surface area contributed by atoms with Crippen molar-refractivity contribution >= 4 is 40.8 Å². The van der Waals surface area contributed by atoms with Crippen LogP contribution in [0, 0.1) is 0 Å². The summed E-state index contributed by atoms with van der Waals surface area (Å²) in [6.45, 7) is 5.29. The number of benzene rings is 1. The van der Waals surface area contributed by atoms with E-state index < -0.39 is 17.7 Å². The van der Waals surface area contributed by atoms with Gasteiger partial charge in [-0.05, 0) is 32.9 Å². The van der Waals surface area contributed by atoms with Crippen molar-refractivity contribution in [3.63, 3.8) is 0 Å². The van der Waals surface area contributed by atoms with Gasteiger partial charge in [0.1, 0.15) is 10.8 Å². The second-order valence-corrected chi connectivity index (χ2v) is 7.54. The van der Waals surface area contributed by atoms with Crippen LogP contribution < -0.4 is 0 Å². The Labute approximate surface area is 172 Å². The molecule has 2 heterocycles. The Morgan fingerprint density at radius 1 is 1.14 bits per heavy atom. The highest BCUT2D eigenvalue weighted by atomic mass is 35.5. The highest BCUT2D eigenvalue weighted by molar-refractivity contribution is 6.34. The molecule has 0 saturated carbocycles. The molecular weight excluding hydrogens is 394 g/mol. The molecule has 1 aromatic carbocycles. The second kappa shape index (κ2) is 8.05. The number of hydrogen-bond donors (Lipinski definition) is 0. The van der Waals surface area contributed by atoms with Gasteiger partial charge in [0.25, 0.3) is 0 Å². The second-order valence-electron chi connectivity index (χ2n) is 7.18. The van der Waals surface area contributed by atoms with Gasteiger partial charge in [-0.25, -0.2) is 24.1 Å². The lowest BCUT2D eigenvalue weighted by Crippen LogP contribution is -2.27. The van der Waals surface area contributed by atoms with E-state index in [0.29, 0.717) is 16.9 Å². The molecule has 0 unspecified atom stereocenters. The van der Waals surface area contributed by atoms with Crippen molar-refractivity contribution in [2.75, 3.05) is 7.11 Å². The zero-order valence-corrected chi connectivity index (χ0v) is 17.2. The molecule has 0 N–H and O–H groups in total. The van der Waals surface area contributed by atoms with Crippen LogP contribution in [0.5, 0.6) is 0 Å². The minimum absolute atomic E-state index is 0.184. The van der Waals surface area contributed by atoms with E-state index in [1.165, 1.54) is 23.8 Å². The molecule has 0 bridgehead atoms. The van der Waals surface area contributed by atoms with Gasteiger partial charge >= 0.3 is 12.1 Å². The van der Waals surface area contributed by atoms with Crippen LogP contribution in [0.3, 0.4) is 0 Å². The lowest BCUT2D eigenvalue weighted by Gasteiger charge is -2.20. The molecule has 0 aliphatic carbocycles. The zero-order valence-electron chi connectivity index (χ0n) is 16.5. The molecule has 7 nitrogen and oxygen atoms in total. The first kappa shape index (κ1) is 20.5. The van der Waals surface area contributed by atoms with Gasteiger partial charge in [-0.2, -0.15) is 0 Å². The number of rotatable bonds is 3. The van der Waals surface area contributed by atoms with Crippen molar-refractivity contribution in [1.29, 1.82) is 0 Å². The molecule has 2 aromatic heterocycles. The Hall–Kier alpha value is -3.19. The van der Waals surface area contributed by atoms with Crippen molar-refractivity contribution in [3.8, 4) is 11.4 Å².